The lowest BCUT2D eigenvalue weighted by atomic mass is 10.2. The highest BCUT2D eigenvalue weighted by Gasteiger charge is 2.20. The van der Waals surface area contributed by atoms with E-state index < -0.39 is 11.7 Å². The van der Waals surface area contributed by atoms with Gasteiger partial charge in [-0.1, -0.05) is 15.9 Å². The Kier molecular flexibility index (Phi) is 3.23. The second kappa shape index (κ2) is 4.43. The number of benzene rings is 1. The molecule has 1 heterocycles. The van der Waals surface area contributed by atoms with Crippen LogP contribution in [0, 0.1) is 6.92 Å². The van der Waals surface area contributed by atoms with Gasteiger partial charge >= 0.3 is 6.09 Å². The van der Waals surface area contributed by atoms with Gasteiger partial charge in [0.15, 0.2) is 0 Å². The Bertz CT molecular complexity index is 608. The van der Waals surface area contributed by atoms with Gasteiger partial charge in [0.1, 0.15) is 5.60 Å². The number of fused-ring (bicyclic) bond motifs is 1. The van der Waals surface area contributed by atoms with Crippen molar-refractivity contribution in [3.8, 4) is 0 Å². The van der Waals surface area contributed by atoms with E-state index in [4.69, 9.17) is 11.7 Å². The first-order chi connectivity index (χ1) is 8.28. The molecule has 3 nitrogen and oxygen atoms in total. The second-order valence-electron chi connectivity index (χ2n) is 5.09. The molecule has 0 bridgehead atoms. The van der Waals surface area contributed by atoms with Gasteiger partial charge in [-0.3, -0.25) is 0 Å². The average molecular weight is 308 g/mol. The predicted octanol–water partition coefficient (Wildman–Crippen LogP) is 4.25. The second-order valence-corrected chi connectivity index (χ2v) is 6.00. The van der Waals surface area contributed by atoms with Gasteiger partial charge in [-0.2, -0.15) is 0 Å². The number of ether oxygens (including phenoxy) is 1. The smallest absolute Gasteiger partial charge is 0.419 e. The predicted molar refractivity (Wildman–Crippen MR) is 74.7 cm³/mol. The molecule has 0 saturated carbocycles. The molecule has 2 aromatic rings. The largest absolute Gasteiger partial charge is 0.443 e. The Labute approximate surface area is 115 Å². The zero-order valence-corrected chi connectivity index (χ0v) is 12.1. The Morgan fingerprint density at radius 2 is 2.00 bits per heavy atom. The summed E-state index contributed by atoms with van der Waals surface area (Å²) in [5.74, 6) is 0. The molecule has 0 aliphatic rings. The van der Waals surface area contributed by atoms with Crippen molar-refractivity contribution in [3.05, 3.63) is 41.4 Å². The van der Waals surface area contributed by atoms with Gasteiger partial charge in [-0.25, -0.2) is 9.36 Å². The molecule has 2 rings (SSSR count). The molecule has 1 aromatic carbocycles. The summed E-state index contributed by atoms with van der Waals surface area (Å²) in [6.45, 7) is 11.3. The van der Waals surface area contributed by atoms with Crippen LogP contribution in [0.2, 0.25) is 0 Å². The maximum Gasteiger partial charge on any atom is 0.419 e. The molecule has 1 aromatic heterocycles. The Hall–Kier alpha value is -1.29. The first kappa shape index (κ1) is 13.1. The van der Waals surface area contributed by atoms with Crippen molar-refractivity contribution < 1.29 is 9.53 Å². The van der Waals surface area contributed by atoms with E-state index in [1.54, 1.807) is 6.07 Å². The summed E-state index contributed by atoms with van der Waals surface area (Å²) < 4.78 is 7.66. The molecule has 4 heteroatoms. The highest BCUT2D eigenvalue weighted by molar-refractivity contribution is 9.10. The Morgan fingerprint density at radius 1 is 1.33 bits per heavy atom. The number of nitrogens with zero attached hydrogens (tertiary/aromatic N) is 1. The summed E-state index contributed by atoms with van der Waals surface area (Å²) in [4.78, 5) is 12.1. The molecule has 0 spiro atoms. The Balaban J connectivity index is 2.51. The minimum absolute atomic E-state index is 0.373. The van der Waals surface area contributed by atoms with Crippen molar-refractivity contribution in [2.75, 3.05) is 0 Å². The summed E-state index contributed by atoms with van der Waals surface area (Å²) in [5.41, 5.74) is 0.567. The molecule has 0 aliphatic carbocycles. The van der Waals surface area contributed by atoms with Crippen LogP contribution in [-0.2, 0) is 4.74 Å². The molecule has 0 unspecified atom stereocenters. The molecular weight excluding hydrogens is 294 g/mol. The lowest BCUT2D eigenvalue weighted by Gasteiger charge is -2.20. The highest BCUT2D eigenvalue weighted by atomic mass is 79.9. The van der Waals surface area contributed by atoms with Gasteiger partial charge in [0.25, 0.3) is 0 Å². The van der Waals surface area contributed by atoms with Crippen molar-refractivity contribution >= 4 is 32.9 Å². The van der Waals surface area contributed by atoms with E-state index in [1.165, 1.54) is 4.57 Å². The van der Waals surface area contributed by atoms with E-state index in [-0.39, 0.29) is 0 Å². The van der Waals surface area contributed by atoms with Gasteiger partial charge in [0.05, 0.1) is 5.52 Å². The third-order valence-electron chi connectivity index (χ3n) is 2.37. The van der Waals surface area contributed by atoms with E-state index >= 15 is 0 Å². The standard InChI is InChI=1S/C14H14BrNO2/c1-9-7-10-8-11(15)5-6-12(10)16(9)13(17)18-14(2,3)4/h1,5-8H,2-4H3. The number of hydrogen-bond acceptors (Lipinski definition) is 2. The van der Waals surface area contributed by atoms with Gasteiger partial charge in [-0.15, -0.1) is 0 Å². The normalized spacial score (nSPS) is 11.8. The van der Waals surface area contributed by atoms with E-state index in [9.17, 15) is 4.79 Å². The van der Waals surface area contributed by atoms with Crippen LogP contribution in [-0.4, -0.2) is 16.3 Å². The van der Waals surface area contributed by atoms with Crippen LogP contribution < -0.4 is 0 Å². The monoisotopic (exact) mass is 307 g/mol. The van der Waals surface area contributed by atoms with E-state index in [0.717, 1.165) is 15.4 Å². The number of carbonyl (C=O) groups is 1. The number of halogens is 1. The van der Waals surface area contributed by atoms with Crippen LogP contribution in [0.25, 0.3) is 10.9 Å². The maximum atomic E-state index is 12.1. The molecule has 18 heavy (non-hydrogen) atoms. The summed E-state index contributed by atoms with van der Waals surface area (Å²) >= 11 is 3.39. The van der Waals surface area contributed by atoms with Crippen molar-refractivity contribution in [1.82, 2.24) is 4.57 Å². The van der Waals surface area contributed by atoms with Crippen LogP contribution in [0.15, 0.2) is 28.7 Å². The summed E-state index contributed by atoms with van der Waals surface area (Å²) in [5, 5.41) is 0.896. The van der Waals surface area contributed by atoms with Crippen molar-refractivity contribution in [2.24, 2.45) is 0 Å². The number of carbonyl (C=O) groups excluding carboxylic acids is 1. The van der Waals surface area contributed by atoms with Crippen LogP contribution in [0.3, 0.4) is 0 Å². The number of rotatable bonds is 0. The number of aromatic nitrogens is 1. The molecule has 0 saturated heterocycles. The van der Waals surface area contributed by atoms with Gasteiger partial charge < -0.3 is 4.74 Å². The number of hydrogen-bond donors (Lipinski definition) is 0. The highest BCUT2D eigenvalue weighted by Crippen LogP contribution is 2.24. The third-order valence-corrected chi connectivity index (χ3v) is 2.86. The van der Waals surface area contributed by atoms with Crippen molar-refractivity contribution in [3.63, 3.8) is 0 Å². The van der Waals surface area contributed by atoms with Crippen LogP contribution in [0.4, 0.5) is 4.79 Å². The first-order valence-electron chi connectivity index (χ1n) is 5.58. The topological polar surface area (TPSA) is 31.2 Å². The van der Waals surface area contributed by atoms with E-state index in [0.29, 0.717) is 5.69 Å². The fourth-order valence-electron chi connectivity index (χ4n) is 1.72. The van der Waals surface area contributed by atoms with Crippen molar-refractivity contribution in [2.45, 2.75) is 26.4 Å². The molecule has 0 N–H and O–H groups in total. The maximum absolute atomic E-state index is 12.1. The molecule has 0 atom stereocenters. The lowest BCUT2D eigenvalue weighted by molar-refractivity contribution is 0.0543. The first-order valence-corrected chi connectivity index (χ1v) is 6.37. The fraction of sp³-hybridized carbons (Fsp3) is 0.286. The summed E-state index contributed by atoms with van der Waals surface area (Å²) in [6, 6.07) is 7.36. The van der Waals surface area contributed by atoms with Crippen molar-refractivity contribution in [1.29, 1.82) is 0 Å². The average Bonchev–Trinajstić information content (AvgIpc) is 2.50. The zero-order chi connectivity index (χ0) is 13.5. The quantitative estimate of drug-likeness (QED) is 0.728. The van der Waals surface area contributed by atoms with Crippen LogP contribution in [0.1, 0.15) is 26.5 Å². The zero-order valence-electron chi connectivity index (χ0n) is 10.5. The van der Waals surface area contributed by atoms with Gasteiger partial charge in [0.2, 0.25) is 0 Å². The van der Waals surface area contributed by atoms with Gasteiger partial charge in [-0.05, 0) is 45.0 Å². The molecule has 0 fully saturated rings. The summed E-state index contributed by atoms with van der Waals surface area (Å²) in [6.07, 6.45) is -0.461. The van der Waals surface area contributed by atoms with Crippen LogP contribution >= 0.6 is 15.9 Å². The third kappa shape index (κ3) is 2.58. The van der Waals surface area contributed by atoms with Gasteiger partial charge in [0, 0.05) is 22.5 Å². The molecule has 0 aliphatic heterocycles. The molecular formula is C14H14BrNO2. The SMILES string of the molecule is [CH]c1cc2cc(Br)ccc2n1C(=O)OC(C)(C)C. The minimum atomic E-state index is -0.546. The minimum Gasteiger partial charge on any atom is -0.443 e. The van der Waals surface area contributed by atoms with Crippen LogP contribution in [0.5, 0.6) is 0 Å². The molecule has 0 amide bonds. The lowest BCUT2D eigenvalue weighted by Crippen LogP contribution is -2.27. The molecule has 94 valence electrons. The van der Waals surface area contributed by atoms with E-state index in [1.807, 2.05) is 39.0 Å². The van der Waals surface area contributed by atoms with E-state index in [2.05, 4.69) is 15.9 Å². The summed E-state index contributed by atoms with van der Waals surface area (Å²) in [7, 11) is 0. The fourth-order valence-corrected chi connectivity index (χ4v) is 2.10. The Morgan fingerprint density at radius 3 is 2.61 bits per heavy atom. The molecule has 2 radical (unpaired) electrons.